The lowest BCUT2D eigenvalue weighted by molar-refractivity contribution is 0.487. The average molecular weight is 354 g/mol. The molecule has 1 saturated carbocycles. The Bertz CT molecular complexity index is 958. The lowest BCUT2D eigenvalue weighted by atomic mass is 9.77. The summed E-state index contributed by atoms with van der Waals surface area (Å²) in [6, 6.07) is 25.5. The fraction of sp³-hybridized carbons (Fsp3) is 0.208. The van der Waals surface area contributed by atoms with Crippen molar-refractivity contribution in [1.29, 1.82) is 0 Å². The zero-order valence-electron chi connectivity index (χ0n) is 15.2. The van der Waals surface area contributed by atoms with Crippen molar-refractivity contribution in [3.63, 3.8) is 0 Å². The number of benzene rings is 2. The predicted octanol–water partition coefficient (Wildman–Crippen LogP) is 6.08. The van der Waals surface area contributed by atoms with E-state index in [4.69, 9.17) is 9.52 Å². The molecule has 134 valence electrons. The summed E-state index contributed by atoms with van der Waals surface area (Å²) in [7, 11) is 0. The molecule has 2 atom stereocenters. The Kier molecular flexibility index (Phi) is 4.13. The Balaban J connectivity index is 1.60. The monoisotopic (exact) mass is 354 g/mol. The first-order valence-electron chi connectivity index (χ1n) is 9.62. The molecule has 0 radical (unpaired) electrons. The van der Waals surface area contributed by atoms with Crippen LogP contribution in [0.1, 0.15) is 36.6 Å². The van der Waals surface area contributed by atoms with Gasteiger partial charge in [0.1, 0.15) is 5.76 Å². The first-order valence-corrected chi connectivity index (χ1v) is 9.62. The molecule has 0 unspecified atom stereocenters. The van der Waals surface area contributed by atoms with E-state index in [1.54, 1.807) is 6.26 Å². The van der Waals surface area contributed by atoms with Crippen molar-refractivity contribution in [2.45, 2.75) is 25.3 Å². The van der Waals surface area contributed by atoms with Crippen molar-refractivity contribution in [3.05, 3.63) is 96.0 Å². The van der Waals surface area contributed by atoms with Gasteiger partial charge in [0.15, 0.2) is 0 Å². The van der Waals surface area contributed by atoms with Gasteiger partial charge in [0.25, 0.3) is 0 Å². The molecule has 2 aromatic carbocycles. The smallest absolute Gasteiger partial charge is 0.126 e. The molecule has 3 heteroatoms. The topological polar surface area (TPSA) is 28.7 Å². The van der Waals surface area contributed by atoms with Crippen LogP contribution in [0, 0.1) is 5.92 Å². The van der Waals surface area contributed by atoms with E-state index >= 15 is 0 Å². The Morgan fingerprint density at radius 1 is 0.926 bits per heavy atom. The number of fused-ring (bicyclic) bond motifs is 1. The summed E-state index contributed by atoms with van der Waals surface area (Å²) in [5.74, 6) is 1.31. The Hall–Kier alpha value is -3.07. The standard InChI is InChI=1S/C24H22N2O/c1-3-9-18(10-4-1)24-22-15-7-11-19(17-21-14-8-16-27-21)23(22)25-26(24)20-12-5-2-6-13-20/h1-6,8-10,12-14,16-17,22,24H,7,11,15H2/b19-17+/t22-,24-/m0/s1. The van der Waals surface area contributed by atoms with Gasteiger partial charge in [-0.05, 0) is 60.7 Å². The van der Waals surface area contributed by atoms with E-state index in [0.717, 1.165) is 24.3 Å². The highest BCUT2D eigenvalue weighted by atomic mass is 16.3. The van der Waals surface area contributed by atoms with Gasteiger partial charge in [-0.1, -0.05) is 48.5 Å². The number of para-hydroxylation sites is 1. The zero-order chi connectivity index (χ0) is 18.1. The summed E-state index contributed by atoms with van der Waals surface area (Å²) < 4.78 is 5.56. The van der Waals surface area contributed by atoms with Gasteiger partial charge < -0.3 is 4.42 Å². The number of hydrazone groups is 1. The molecule has 0 bridgehead atoms. The van der Waals surface area contributed by atoms with Gasteiger partial charge in [-0.3, -0.25) is 5.01 Å². The zero-order valence-corrected chi connectivity index (χ0v) is 15.2. The van der Waals surface area contributed by atoms with E-state index in [1.165, 1.54) is 23.3 Å². The van der Waals surface area contributed by atoms with Gasteiger partial charge in [0.2, 0.25) is 0 Å². The summed E-state index contributed by atoms with van der Waals surface area (Å²) in [6.07, 6.45) is 7.30. The normalized spacial score (nSPS) is 23.3. The predicted molar refractivity (Wildman–Crippen MR) is 110 cm³/mol. The van der Waals surface area contributed by atoms with E-state index in [9.17, 15) is 0 Å². The third-order valence-electron chi connectivity index (χ3n) is 5.52. The molecule has 0 N–H and O–H groups in total. The van der Waals surface area contributed by atoms with Crippen LogP contribution in [0.5, 0.6) is 0 Å². The largest absolute Gasteiger partial charge is 0.465 e. The Morgan fingerprint density at radius 3 is 2.44 bits per heavy atom. The minimum atomic E-state index is 0.240. The number of hydrogen-bond acceptors (Lipinski definition) is 3. The highest BCUT2D eigenvalue weighted by Gasteiger charge is 2.41. The maximum atomic E-state index is 5.56. The number of anilines is 1. The molecule has 0 saturated heterocycles. The van der Waals surface area contributed by atoms with Gasteiger partial charge in [-0.15, -0.1) is 0 Å². The van der Waals surface area contributed by atoms with E-state index < -0.39 is 0 Å². The first kappa shape index (κ1) is 16.1. The number of furan rings is 1. The molecule has 1 aromatic heterocycles. The van der Waals surface area contributed by atoms with Crippen LogP contribution in [0.3, 0.4) is 0 Å². The Morgan fingerprint density at radius 2 is 1.70 bits per heavy atom. The first-order chi connectivity index (χ1) is 13.4. The van der Waals surface area contributed by atoms with Gasteiger partial charge in [0, 0.05) is 5.92 Å². The Labute approximate surface area is 159 Å². The third-order valence-corrected chi connectivity index (χ3v) is 5.52. The van der Waals surface area contributed by atoms with Crippen LogP contribution in [0.4, 0.5) is 5.69 Å². The SMILES string of the molecule is C(=C1/CCC[C@H]2C1=NN(c1ccccc1)[C@H]2c1ccccc1)/c1ccco1. The van der Waals surface area contributed by atoms with Crippen LogP contribution in [0.2, 0.25) is 0 Å². The van der Waals surface area contributed by atoms with Crippen LogP contribution >= 0.6 is 0 Å². The summed E-state index contributed by atoms with van der Waals surface area (Å²) in [6.45, 7) is 0. The molecule has 3 nitrogen and oxygen atoms in total. The van der Waals surface area contributed by atoms with Crippen molar-refractivity contribution >= 4 is 17.5 Å². The highest BCUT2D eigenvalue weighted by Crippen LogP contribution is 2.46. The molecular formula is C24H22N2O. The third kappa shape index (κ3) is 2.99. The molecule has 1 aliphatic heterocycles. The summed E-state index contributed by atoms with van der Waals surface area (Å²) in [5.41, 5.74) is 4.99. The molecular weight excluding hydrogens is 332 g/mol. The van der Waals surface area contributed by atoms with E-state index in [1.807, 2.05) is 12.1 Å². The number of hydrogen-bond donors (Lipinski definition) is 0. The lowest BCUT2D eigenvalue weighted by Crippen LogP contribution is -2.27. The quantitative estimate of drug-likeness (QED) is 0.570. The fourth-order valence-electron chi connectivity index (χ4n) is 4.32. The van der Waals surface area contributed by atoms with E-state index in [0.29, 0.717) is 5.92 Å². The van der Waals surface area contributed by atoms with Gasteiger partial charge in [-0.25, -0.2) is 0 Å². The van der Waals surface area contributed by atoms with Gasteiger partial charge in [-0.2, -0.15) is 5.10 Å². The second kappa shape index (κ2) is 6.92. The minimum absolute atomic E-state index is 0.240. The molecule has 27 heavy (non-hydrogen) atoms. The minimum Gasteiger partial charge on any atom is -0.465 e. The van der Waals surface area contributed by atoms with E-state index in [-0.39, 0.29) is 6.04 Å². The molecule has 3 aromatic rings. The van der Waals surface area contributed by atoms with Crippen LogP contribution < -0.4 is 5.01 Å². The van der Waals surface area contributed by atoms with Crippen LogP contribution in [0.15, 0.2) is 94.2 Å². The second-order valence-electron chi connectivity index (χ2n) is 7.20. The molecule has 5 rings (SSSR count). The highest BCUT2D eigenvalue weighted by molar-refractivity contribution is 6.08. The fourth-order valence-corrected chi connectivity index (χ4v) is 4.32. The molecule has 2 heterocycles. The van der Waals surface area contributed by atoms with Gasteiger partial charge in [0.05, 0.1) is 23.7 Å². The van der Waals surface area contributed by atoms with Crippen molar-refractivity contribution in [3.8, 4) is 0 Å². The van der Waals surface area contributed by atoms with Gasteiger partial charge >= 0.3 is 0 Å². The van der Waals surface area contributed by atoms with Crippen LogP contribution in [-0.2, 0) is 0 Å². The second-order valence-corrected chi connectivity index (χ2v) is 7.20. The van der Waals surface area contributed by atoms with Crippen LogP contribution in [0.25, 0.3) is 6.08 Å². The maximum absolute atomic E-state index is 5.56. The summed E-state index contributed by atoms with van der Waals surface area (Å²) in [5, 5.41) is 7.36. The number of nitrogens with zero attached hydrogens (tertiary/aromatic N) is 2. The molecule has 0 amide bonds. The van der Waals surface area contributed by atoms with E-state index in [2.05, 4.69) is 71.7 Å². The summed E-state index contributed by atoms with van der Waals surface area (Å²) in [4.78, 5) is 0. The molecule has 2 aliphatic rings. The van der Waals surface area contributed by atoms with Crippen molar-refractivity contribution in [2.75, 3.05) is 5.01 Å². The maximum Gasteiger partial charge on any atom is 0.126 e. The van der Waals surface area contributed by atoms with Crippen LogP contribution in [-0.4, -0.2) is 5.71 Å². The molecule has 1 fully saturated rings. The molecule has 1 aliphatic carbocycles. The number of allylic oxidation sites excluding steroid dienone is 1. The molecule has 0 spiro atoms. The van der Waals surface area contributed by atoms with Crippen molar-refractivity contribution in [1.82, 2.24) is 0 Å². The lowest BCUT2D eigenvalue weighted by Gasteiger charge is -2.30. The van der Waals surface area contributed by atoms with Crippen molar-refractivity contribution in [2.24, 2.45) is 11.0 Å². The number of rotatable bonds is 3. The van der Waals surface area contributed by atoms with Crippen molar-refractivity contribution < 1.29 is 4.42 Å². The average Bonchev–Trinajstić information content (AvgIpc) is 3.37. The summed E-state index contributed by atoms with van der Waals surface area (Å²) >= 11 is 0.